The Kier molecular flexibility index (Phi) is 4.17. The molecule has 0 aliphatic rings. The summed E-state index contributed by atoms with van der Waals surface area (Å²) in [6.45, 7) is 0. The van der Waals surface area contributed by atoms with Crippen molar-refractivity contribution in [3.8, 4) is 0 Å². The fourth-order valence-electron chi connectivity index (χ4n) is 1.55. The molecule has 0 unspecified atom stereocenters. The van der Waals surface area contributed by atoms with Gasteiger partial charge in [-0.2, -0.15) is 0 Å². The number of imidazole rings is 1. The average Bonchev–Trinajstić information content (AvgIpc) is 2.73. The quantitative estimate of drug-likeness (QED) is 0.831. The maximum Gasteiger partial charge on any atom is 0.273 e. The van der Waals surface area contributed by atoms with E-state index in [-0.39, 0.29) is 15.3 Å². The van der Waals surface area contributed by atoms with E-state index in [1.807, 2.05) is 0 Å². The van der Waals surface area contributed by atoms with E-state index in [2.05, 4.69) is 26.2 Å². The number of anilines is 1. The third-order valence-corrected chi connectivity index (χ3v) is 4.80. The van der Waals surface area contributed by atoms with Gasteiger partial charge in [0.1, 0.15) is 5.69 Å². The third kappa shape index (κ3) is 3.20. The van der Waals surface area contributed by atoms with Gasteiger partial charge in [0.2, 0.25) is 0 Å². The predicted octanol–water partition coefficient (Wildman–Crippen LogP) is 2.36. The number of nitrogens with one attached hydrogen (secondary N) is 1. The SMILES string of the molecule is Cn1cncc1C(=O)Nc1ccc(S(=O)(=O)Cl)c(Br)c1. The first-order valence-corrected chi connectivity index (χ1v) is 8.41. The van der Waals surface area contributed by atoms with Crippen molar-refractivity contribution in [1.29, 1.82) is 0 Å². The molecule has 0 aliphatic heterocycles. The number of aryl methyl sites for hydroxylation is 1. The first-order valence-electron chi connectivity index (χ1n) is 5.31. The second-order valence-electron chi connectivity index (χ2n) is 3.93. The average molecular weight is 379 g/mol. The molecule has 20 heavy (non-hydrogen) atoms. The van der Waals surface area contributed by atoms with Crippen LogP contribution in [0.5, 0.6) is 0 Å². The Morgan fingerprint density at radius 2 is 2.15 bits per heavy atom. The van der Waals surface area contributed by atoms with E-state index in [0.717, 1.165) is 0 Å². The largest absolute Gasteiger partial charge is 0.330 e. The number of aromatic nitrogens is 2. The number of benzene rings is 1. The Morgan fingerprint density at radius 3 is 2.65 bits per heavy atom. The van der Waals surface area contributed by atoms with Gasteiger partial charge in [0.25, 0.3) is 15.0 Å². The molecule has 1 heterocycles. The lowest BCUT2D eigenvalue weighted by Crippen LogP contribution is -2.15. The molecule has 0 radical (unpaired) electrons. The van der Waals surface area contributed by atoms with Crippen LogP contribution in [0.15, 0.2) is 40.1 Å². The van der Waals surface area contributed by atoms with Gasteiger partial charge in [-0.25, -0.2) is 13.4 Å². The first-order chi connectivity index (χ1) is 9.29. The van der Waals surface area contributed by atoms with Crippen molar-refractivity contribution in [1.82, 2.24) is 9.55 Å². The molecule has 0 atom stereocenters. The van der Waals surface area contributed by atoms with Crippen LogP contribution in [0.1, 0.15) is 10.5 Å². The molecule has 0 saturated heterocycles. The topological polar surface area (TPSA) is 81.1 Å². The van der Waals surface area contributed by atoms with Crippen molar-refractivity contribution >= 4 is 47.3 Å². The Morgan fingerprint density at radius 1 is 1.45 bits per heavy atom. The summed E-state index contributed by atoms with van der Waals surface area (Å²) in [4.78, 5) is 15.7. The summed E-state index contributed by atoms with van der Waals surface area (Å²) < 4.78 is 24.4. The lowest BCUT2D eigenvalue weighted by molar-refractivity contribution is 0.101. The van der Waals surface area contributed by atoms with Gasteiger partial charge in [0.15, 0.2) is 0 Å². The summed E-state index contributed by atoms with van der Waals surface area (Å²) in [5.41, 5.74) is 0.822. The van der Waals surface area contributed by atoms with Crippen molar-refractivity contribution in [2.75, 3.05) is 5.32 Å². The molecule has 9 heteroatoms. The van der Waals surface area contributed by atoms with Gasteiger partial charge in [0.05, 0.1) is 17.4 Å². The molecule has 2 aromatic rings. The van der Waals surface area contributed by atoms with Crippen LogP contribution in [0.2, 0.25) is 0 Å². The van der Waals surface area contributed by atoms with E-state index in [1.165, 1.54) is 30.7 Å². The van der Waals surface area contributed by atoms with Crippen molar-refractivity contribution in [3.05, 3.63) is 40.9 Å². The lowest BCUT2D eigenvalue weighted by atomic mass is 10.3. The zero-order valence-electron chi connectivity index (χ0n) is 10.2. The fraction of sp³-hybridized carbons (Fsp3) is 0.0909. The number of amides is 1. The minimum atomic E-state index is -3.83. The number of nitrogens with zero attached hydrogens (tertiary/aromatic N) is 2. The van der Waals surface area contributed by atoms with Crippen LogP contribution in [0.4, 0.5) is 5.69 Å². The lowest BCUT2D eigenvalue weighted by Gasteiger charge is -2.07. The highest BCUT2D eigenvalue weighted by molar-refractivity contribution is 9.10. The molecule has 1 aromatic carbocycles. The molecule has 1 N–H and O–H groups in total. The van der Waals surface area contributed by atoms with E-state index < -0.39 is 9.05 Å². The van der Waals surface area contributed by atoms with Gasteiger partial charge < -0.3 is 9.88 Å². The summed E-state index contributed by atoms with van der Waals surface area (Å²) in [6, 6.07) is 4.23. The molecule has 6 nitrogen and oxygen atoms in total. The van der Waals surface area contributed by atoms with E-state index in [0.29, 0.717) is 11.4 Å². The van der Waals surface area contributed by atoms with Crippen LogP contribution >= 0.6 is 26.6 Å². The van der Waals surface area contributed by atoms with Crippen molar-refractivity contribution < 1.29 is 13.2 Å². The summed E-state index contributed by atoms with van der Waals surface area (Å²) in [5.74, 6) is -0.349. The van der Waals surface area contributed by atoms with E-state index in [4.69, 9.17) is 10.7 Å². The van der Waals surface area contributed by atoms with Crippen molar-refractivity contribution in [2.24, 2.45) is 7.05 Å². The third-order valence-electron chi connectivity index (χ3n) is 2.50. The number of carbonyl (C=O) groups is 1. The molecular formula is C11H9BrClN3O3S. The maximum absolute atomic E-state index is 12.0. The fourth-order valence-corrected chi connectivity index (χ4v) is 3.77. The molecule has 0 spiro atoms. The molecule has 1 amide bonds. The normalized spacial score (nSPS) is 11.3. The monoisotopic (exact) mass is 377 g/mol. The molecule has 0 saturated carbocycles. The Balaban J connectivity index is 2.26. The molecule has 0 bridgehead atoms. The van der Waals surface area contributed by atoms with Crippen LogP contribution in [0.3, 0.4) is 0 Å². The predicted molar refractivity (Wildman–Crippen MR) is 78.3 cm³/mol. The summed E-state index contributed by atoms with van der Waals surface area (Å²) >= 11 is 3.10. The number of hydrogen-bond donors (Lipinski definition) is 1. The van der Waals surface area contributed by atoms with Crippen LogP contribution in [0.25, 0.3) is 0 Å². The summed E-state index contributed by atoms with van der Waals surface area (Å²) in [5, 5.41) is 2.64. The molecule has 106 valence electrons. The van der Waals surface area contributed by atoms with Crippen LogP contribution < -0.4 is 5.32 Å². The van der Waals surface area contributed by atoms with Gasteiger partial charge in [0, 0.05) is 27.9 Å². The molecule has 0 aliphatic carbocycles. The Labute approximate surface area is 128 Å². The minimum absolute atomic E-state index is 0.0577. The maximum atomic E-state index is 12.0. The second kappa shape index (κ2) is 5.55. The van der Waals surface area contributed by atoms with Gasteiger partial charge in [-0.3, -0.25) is 4.79 Å². The number of hydrogen-bond acceptors (Lipinski definition) is 4. The van der Waals surface area contributed by atoms with E-state index >= 15 is 0 Å². The second-order valence-corrected chi connectivity index (χ2v) is 7.32. The molecule has 0 fully saturated rings. The van der Waals surface area contributed by atoms with Crippen LogP contribution in [-0.4, -0.2) is 23.9 Å². The summed E-state index contributed by atoms with van der Waals surface area (Å²) in [6.07, 6.45) is 2.94. The smallest absolute Gasteiger partial charge is 0.273 e. The van der Waals surface area contributed by atoms with Crippen LogP contribution in [0, 0.1) is 0 Å². The highest BCUT2D eigenvalue weighted by Crippen LogP contribution is 2.28. The van der Waals surface area contributed by atoms with E-state index in [9.17, 15) is 13.2 Å². The first kappa shape index (κ1) is 15.0. The zero-order chi connectivity index (χ0) is 14.9. The molecule has 1 aromatic heterocycles. The van der Waals surface area contributed by atoms with Gasteiger partial charge in [-0.05, 0) is 34.1 Å². The number of halogens is 2. The minimum Gasteiger partial charge on any atom is -0.330 e. The summed E-state index contributed by atoms with van der Waals surface area (Å²) in [7, 11) is 3.13. The number of carbonyl (C=O) groups excluding carboxylic acids is 1. The van der Waals surface area contributed by atoms with E-state index in [1.54, 1.807) is 11.6 Å². The number of rotatable bonds is 3. The standard InChI is InChI=1S/C11H9BrClN3O3S/c1-16-6-14-5-9(16)11(17)15-7-2-3-10(8(12)4-7)20(13,18)19/h2-6H,1H3,(H,15,17). The zero-order valence-corrected chi connectivity index (χ0v) is 13.3. The van der Waals surface area contributed by atoms with Gasteiger partial charge in [-0.1, -0.05) is 0 Å². The van der Waals surface area contributed by atoms with Crippen molar-refractivity contribution in [2.45, 2.75) is 4.90 Å². The highest BCUT2D eigenvalue weighted by Gasteiger charge is 2.16. The Bertz CT molecular complexity index is 773. The Hall–Kier alpha value is -1.38. The molecule has 2 rings (SSSR count). The van der Waals surface area contributed by atoms with Gasteiger partial charge in [-0.15, -0.1) is 0 Å². The van der Waals surface area contributed by atoms with Crippen LogP contribution in [-0.2, 0) is 16.1 Å². The van der Waals surface area contributed by atoms with Crippen molar-refractivity contribution in [3.63, 3.8) is 0 Å². The molecular weight excluding hydrogens is 370 g/mol. The van der Waals surface area contributed by atoms with Gasteiger partial charge >= 0.3 is 0 Å². The highest BCUT2D eigenvalue weighted by atomic mass is 79.9.